The van der Waals surface area contributed by atoms with Crippen LogP contribution >= 0.6 is 11.8 Å². The second-order valence-electron chi connectivity index (χ2n) is 3.42. The molecule has 0 spiro atoms. The zero-order valence-electron chi connectivity index (χ0n) is 9.86. The Bertz CT molecular complexity index is 335. The molecule has 0 fully saturated rings. The molecule has 0 radical (unpaired) electrons. The van der Waals surface area contributed by atoms with E-state index in [1.54, 1.807) is 7.11 Å². The van der Waals surface area contributed by atoms with Crippen LogP contribution in [0.5, 0.6) is 5.88 Å². The number of ether oxygens (including phenoxy) is 1. The molecular formula is C10H18N4OS. The summed E-state index contributed by atoms with van der Waals surface area (Å²) >= 11 is 1.82. The van der Waals surface area contributed by atoms with Gasteiger partial charge in [-0.05, 0) is 6.26 Å². The number of nitrogens with one attached hydrogen (secondary N) is 1. The smallest absolute Gasteiger partial charge is 0.222 e. The molecule has 0 bridgehead atoms. The molecule has 0 unspecified atom stereocenters. The van der Waals surface area contributed by atoms with Crippen LogP contribution in [0.3, 0.4) is 0 Å². The quantitative estimate of drug-likeness (QED) is 0.772. The lowest BCUT2D eigenvalue weighted by Crippen LogP contribution is -2.23. The monoisotopic (exact) mass is 242 g/mol. The van der Waals surface area contributed by atoms with E-state index in [2.05, 4.69) is 28.5 Å². The first-order valence-corrected chi connectivity index (χ1v) is 6.34. The minimum atomic E-state index is 0.469. The molecule has 90 valence electrons. The summed E-state index contributed by atoms with van der Waals surface area (Å²) in [6.07, 6.45) is 3.50. The van der Waals surface area contributed by atoms with Crippen LogP contribution in [0.2, 0.25) is 0 Å². The summed E-state index contributed by atoms with van der Waals surface area (Å²) in [6, 6.07) is 0. The van der Waals surface area contributed by atoms with Crippen molar-refractivity contribution in [2.24, 2.45) is 0 Å². The Labute approximate surface area is 100 Å². The van der Waals surface area contributed by atoms with Crippen LogP contribution in [0.15, 0.2) is 6.33 Å². The summed E-state index contributed by atoms with van der Waals surface area (Å²) in [6.45, 7) is 3.71. The van der Waals surface area contributed by atoms with E-state index in [0.717, 1.165) is 12.1 Å². The van der Waals surface area contributed by atoms with E-state index in [4.69, 9.17) is 10.5 Å². The highest BCUT2D eigenvalue weighted by Gasteiger charge is 2.09. The van der Waals surface area contributed by atoms with Gasteiger partial charge in [0.1, 0.15) is 12.1 Å². The summed E-state index contributed by atoms with van der Waals surface area (Å²) in [5, 5.41) is 3.87. The molecule has 0 aliphatic carbocycles. The Kier molecular flexibility index (Phi) is 5.34. The van der Waals surface area contributed by atoms with Crippen molar-refractivity contribution in [1.82, 2.24) is 15.3 Å². The molecule has 5 nitrogen and oxygen atoms in total. The summed E-state index contributed by atoms with van der Waals surface area (Å²) in [5.41, 5.74) is 6.59. The number of rotatable bonds is 6. The summed E-state index contributed by atoms with van der Waals surface area (Å²) in [5.74, 6) is 1.01. The van der Waals surface area contributed by atoms with Gasteiger partial charge >= 0.3 is 0 Å². The van der Waals surface area contributed by atoms with Gasteiger partial charge in [-0.2, -0.15) is 11.8 Å². The molecule has 1 aromatic heterocycles. The lowest BCUT2D eigenvalue weighted by atomic mass is 10.3. The zero-order valence-corrected chi connectivity index (χ0v) is 10.7. The van der Waals surface area contributed by atoms with Gasteiger partial charge in [-0.25, -0.2) is 9.97 Å². The molecule has 0 aliphatic heterocycles. The first-order valence-electron chi connectivity index (χ1n) is 5.05. The van der Waals surface area contributed by atoms with Crippen molar-refractivity contribution in [1.29, 1.82) is 0 Å². The van der Waals surface area contributed by atoms with E-state index in [0.29, 0.717) is 23.5 Å². The van der Waals surface area contributed by atoms with Crippen LogP contribution in [-0.4, -0.2) is 35.1 Å². The minimum absolute atomic E-state index is 0.469. The normalized spacial score (nSPS) is 12.4. The van der Waals surface area contributed by atoms with E-state index >= 15 is 0 Å². The van der Waals surface area contributed by atoms with Crippen LogP contribution in [0.4, 0.5) is 5.82 Å². The van der Waals surface area contributed by atoms with E-state index in [9.17, 15) is 0 Å². The number of anilines is 1. The largest absolute Gasteiger partial charge is 0.481 e. The summed E-state index contributed by atoms with van der Waals surface area (Å²) < 4.78 is 5.13. The average Bonchev–Trinajstić information content (AvgIpc) is 2.30. The SMILES string of the molecule is COc1ncnc(N)c1CNC[C@H](C)SC. The van der Waals surface area contributed by atoms with Gasteiger partial charge in [0, 0.05) is 18.3 Å². The van der Waals surface area contributed by atoms with Crippen molar-refractivity contribution in [2.75, 3.05) is 25.6 Å². The molecule has 1 rings (SSSR count). The maximum absolute atomic E-state index is 5.77. The second-order valence-corrected chi connectivity index (χ2v) is 4.70. The molecule has 1 atom stereocenters. The Morgan fingerprint density at radius 2 is 2.31 bits per heavy atom. The summed E-state index contributed by atoms with van der Waals surface area (Å²) in [7, 11) is 1.58. The predicted octanol–water partition coefficient (Wildman–Crippen LogP) is 0.908. The lowest BCUT2D eigenvalue weighted by molar-refractivity contribution is 0.390. The standard InChI is InChI=1S/C10H18N4OS/c1-7(16-3)4-12-5-8-9(11)13-6-14-10(8)15-2/h6-7,12H,4-5H2,1-3H3,(H2,11,13,14)/t7-/m0/s1. The number of nitrogens with zero attached hydrogens (tertiary/aromatic N) is 2. The van der Waals surface area contributed by atoms with Gasteiger partial charge in [0.05, 0.1) is 12.7 Å². The number of nitrogen functional groups attached to an aromatic ring is 1. The van der Waals surface area contributed by atoms with Crippen molar-refractivity contribution in [3.63, 3.8) is 0 Å². The van der Waals surface area contributed by atoms with E-state index in [1.807, 2.05) is 11.8 Å². The lowest BCUT2D eigenvalue weighted by Gasteiger charge is -2.12. The van der Waals surface area contributed by atoms with Crippen LogP contribution < -0.4 is 15.8 Å². The number of hydrogen-bond acceptors (Lipinski definition) is 6. The topological polar surface area (TPSA) is 73.1 Å². The van der Waals surface area contributed by atoms with Crippen molar-refractivity contribution in [3.05, 3.63) is 11.9 Å². The first-order chi connectivity index (χ1) is 7.69. The Hall–Kier alpha value is -1.01. The van der Waals surface area contributed by atoms with Crippen LogP contribution in [-0.2, 0) is 6.54 Å². The predicted molar refractivity (Wildman–Crippen MR) is 67.7 cm³/mol. The van der Waals surface area contributed by atoms with Crippen molar-refractivity contribution < 1.29 is 4.74 Å². The molecule has 6 heteroatoms. The second kappa shape index (κ2) is 6.55. The average molecular weight is 242 g/mol. The van der Waals surface area contributed by atoms with E-state index < -0.39 is 0 Å². The fraction of sp³-hybridized carbons (Fsp3) is 0.600. The third-order valence-electron chi connectivity index (χ3n) is 2.27. The maximum Gasteiger partial charge on any atom is 0.222 e. The maximum atomic E-state index is 5.77. The van der Waals surface area contributed by atoms with Gasteiger partial charge in [-0.1, -0.05) is 6.92 Å². The van der Waals surface area contributed by atoms with Gasteiger partial charge in [-0.3, -0.25) is 0 Å². The van der Waals surface area contributed by atoms with E-state index in [-0.39, 0.29) is 0 Å². The van der Waals surface area contributed by atoms with Gasteiger partial charge in [0.25, 0.3) is 0 Å². The fourth-order valence-electron chi connectivity index (χ4n) is 1.23. The number of thioether (sulfide) groups is 1. The van der Waals surface area contributed by atoms with Crippen molar-refractivity contribution >= 4 is 17.6 Å². The van der Waals surface area contributed by atoms with Crippen LogP contribution in [0.1, 0.15) is 12.5 Å². The highest BCUT2D eigenvalue weighted by Crippen LogP contribution is 2.18. The Balaban J connectivity index is 2.59. The molecule has 16 heavy (non-hydrogen) atoms. The van der Waals surface area contributed by atoms with Gasteiger partial charge < -0.3 is 15.8 Å². The van der Waals surface area contributed by atoms with Gasteiger partial charge in [0.15, 0.2) is 0 Å². The van der Waals surface area contributed by atoms with Crippen molar-refractivity contribution in [3.8, 4) is 5.88 Å². The molecular weight excluding hydrogens is 224 g/mol. The zero-order chi connectivity index (χ0) is 12.0. The minimum Gasteiger partial charge on any atom is -0.481 e. The molecule has 0 amide bonds. The molecule has 3 N–H and O–H groups in total. The highest BCUT2D eigenvalue weighted by atomic mass is 32.2. The highest BCUT2D eigenvalue weighted by molar-refractivity contribution is 7.99. The molecule has 1 heterocycles. The number of aromatic nitrogens is 2. The van der Waals surface area contributed by atoms with Gasteiger partial charge in [-0.15, -0.1) is 0 Å². The molecule has 1 aromatic rings. The number of methoxy groups -OCH3 is 1. The number of hydrogen-bond donors (Lipinski definition) is 2. The molecule has 0 saturated carbocycles. The summed E-state index contributed by atoms with van der Waals surface area (Å²) in [4.78, 5) is 7.96. The fourth-order valence-corrected chi connectivity index (χ4v) is 1.52. The van der Waals surface area contributed by atoms with Crippen LogP contribution in [0.25, 0.3) is 0 Å². The molecule has 0 aliphatic rings. The third kappa shape index (κ3) is 3.53. The van der Waals surface area contributed by atoms with Gasteiger partial charge in [0.2, 0.25) is 5.88 Å². The molecule has 0 aromatic carbocycles. The Morgan fingerprint density at radius 3 is 2.94 bits per heavy atom. The number of nitrogens with two attached hydrogens (primary N) is 1. The van der Waals surface area contributed by atoms with Crippen LogP contribution in [0, 0.1) is 0 Å². The van der Waals surface area contributed by atoms with Crippen molar-refractivity contribution in [2.45, 2.75) is 18.7 Å². The third-order valence-corrected chi connectivity index (χ3v) is 3.24. The molecule has 0 saturated heterocycles. The Morgan fingerprint density at radius 1 is 1.56 bits per heavy atom. The van der Waals surface area contributed by atoms with E-state index in [1.165, 1.54) is 6.33 Å². The first kappa shape index (κ1) is 13.1.